The second-order valence-corrected chi connectivity index (χ2v) is 5.85. The lowest BCUT2D eigenvalue weighted by atomic mass is 10.1. The van der Waals surface area contributed by atoms with E-state index >= 15 is 0 Å². The van der Waals surface area contributed by atoms with Gasteiger partial charge in [-0.2, -0.15) is 5.10 Å². The fourth-order valence-corrected chi connectivity index (χ4v) is 2.75. The van der Waals surface area contributed by atoms with Gasteiger partial charge in [0.25, 0.3) is 0 Å². The van der Waals surface area contributed by atoms with E-state index in [0.29, 0.717) is 5.75 Å². The molecule has 0 saturated heterocycles. The van der Waals surface area contributed by atoms with Crippen LogP contribution in [-0.4, -0.2) is 35.6 Å². The number of fused-ring (bicyclic) bond motifs is 4. The number of carbonyl (C=O) groups is 1. The van der Waals surface area contributed by atoms with Gasteiger partial charge in [-0.05, 0) is 29.8 Å². The summed E-state index contributed by atoms with van der Waals surface area (Å²) in [5.41, 5.74) is 3.34. The number of benzene rings is 2. The normalized spacial score (nSPS) is 18.0. The van der Waals surface area contributed by atoms with Crippen molar-refractivity contribution in [1.29, 1.82) is 0 Å². The van der Waals surface area contributed by atoms with Gasteiger partial charge in [-0.25, -0.2) is 9.18 Å². The summed E-state index contributed by atoms with van der Waals surface area (Å²) in [6.07, 6.45) is -2.00. The molecule has 3 aromatic rings. The number of carbonyl (C=O) groups excluding carboxylic acids is 1. The predicted molar refractivity (Wildman–Crippen MR) is 90.1 cm³/mol. The minimum absolute atomic E-state index is 0.0979. The van der Waals surface area contributed by atoms with Gasteiger partial charge in [-0.15, -0.1) is 0 Å². The molecular weight excluding hydrogens is 325 g/mol. The molecule has 1 aliphatic rings. The minimum Gasteiger partial charge on any atom is -0.490 e. The summed E-state index contributed by atoms with van der Waals surface area (Å²) in [6, 6.07) is 13.0. The molecule has 4 rings (SSSR count). The van der Waals surface area contributed by atoms with E-state index in [2.05, 4.69) is 15.5 Å². The van der Waals surface area contributed by atoms with Crippen molar-refractivity contribution in [3.05, 3.63) is 48.0 Å². The minimum atomic E-state index is -1.33. The molecule has 1 atom stereocenters. The first-order valence-corrected chi connectivity index (χ1v) is 7.94. The lowest BCUT2D eigenvalue weighted by molar-refractivity contribution is 0.131. The molecular formula is C18H16FN3O3. The van der Waals surface area contributed by atoms with Crippen molar-refractivity contribution >= 4 is 17.0 Å². The fourth-order valence-electron chi connectivity index (χ4n) is 2.75. The molecule has 1 amide bonds. The van der Waals surface area contributed by atoms with Gasteiger partial charge in [0.2, 0.25) is 0 Å². The molecule has 7 heteroatoms. The molecule has 1 aliphatic heterocycles. The van der Waals surface area contributed by atoms with Crippen LogP contribution in [0.2, 0.25) is 0 Å². The Morgan fingerprint density at radius 3 is 3.00 bits per heavy atom. The zero-order valence-electron chi connectivity index (χ0n) is 13.3. The summed E-state index contributed by atoms with van der Waals surface area (Å²) in [4.78, 5) is 11.7. The number of cyclic esters (lactones) is 1. The Bertz CT molecular complexity index is 925. The summed E-state index contributed by atoms with van der Waals surface area (Å²) in [5.74, 6) is 0.548. The van der Waals surface area contributed by atoms with Crippen LogP contribution in [0.3, 0.4) is 0 Å². The average molecular weight is 341 g/mol. The molecule has 0 spiro atoms. The largest absolute Gasteiger partial charge is 0.490 e. The number of aromatic nitrogens is 2. The number of H-pyrrole nitrogens is 1. The van der Waals surface area contributed by atoms with Crippen LogP contribution < -0.4 is 10.1 Å². The molecule has 0 aliphatic carbocycles. The van der Waals surface area contributed by atoms with Crippen LogP contribution in [0.1, 0.15) is 5.56 Å². The topological polar surface area (TPSA) is 76.2 Å². The number of nitrogens with one attached hydrogen (secondary N) is 2. The van der Waals surface area contributed by atoms with Gasteiger partial charge in [0.15, 0.2) is 6.17 Å². The van der Waals surface area contributed by atoms with Crippen molar-refractivity contribution < 1.29 is 18.7 Å². The molecule has 2 N–H and O–H groups in total. The van der Waals surface area contributed by atoms with Crippen LogP contribution in [0, 0.1) is 0 Å². The van der Waals surface area contributed by atoms with E-state index in [-0.39, 0.29) is 19.8 Å². The number of alkyl carbamates (subject to hydrolysis) is 1. The Labute approximate surface area is 142 Å². The standard InChI is InChI=1S/C18H16FN3O3/c19-13-8-20-18(23)25-9-11-2-1-3-12(6-11)17-15-7-14(24-10-13)4-5-16(15)21-22-17/h1-7,13H,8-10H2,(H,20,23)(H,21,22)/t13-/m0/s1. The van der Waals surface area contributed by atoms with E-state index < -0.39 is 12.3 Å². The number of aromatic amines is 1. The number of amides is 1. The molecule has 2 heterocycles. The third kappa shape index (κ3) is 3.26. The first kappa shape index (κ1) is 15.4. The number of halogens is 1. The summed E-state index contributed by atoms with van der Waals surface area (Å²) < 4.78 is 24.5. The van der Waals surface area contributed by atoms with Gasteiger partial charge >= 0.3 is 6.09 Å². The van der Waals surface area contributed by atoms with Crippen molar-refractivity contribution in [3.63, 3.8) is 0 Å². The molecule has 25 heavy (non-hydrogen) atoms. The van der Waals surface area contributed by atoms with E-state index in [0.717, 1.165) is 27.7 Å². The second-order valence-electron chi connectivity index (χ2n) is 5.85. The highest BCUT2D eigenvalue weighted by Gasteiger charge is 2.14. The van der Waals surface area contributed by atoms with Gasteiger partial charge in [0, 0.05) is 10.9 Å². The van der Waals surface area contributed by atoms with Crippen molar-refractivity contribution in [2.75, 3.05) is 13.2 Å². The first-order valence-electron chi connectivity index (χ1n) is 7.94. The Balaban J connectivity index is 1.78. The smallest absolute Gasteiger partial charge is 0.407 e. The highest BCUT2D eigenvalue weighted by molar-refractivity contribution is 5.93. The summed E-state index contributed by atoms with van der Waals surface area (Å²) in [7, 11) is 0. The number of hydrogen-bond donors (Lipinski definition) is 2. The Kier molecular flexibility index (Phi) is 3.97. The molecule has 0 saturated carbocycles. The molecule has 1 aromatic heterocycles. The number of ether oxygens (including phenoxy) is 2. The van der Waals surface area contributed by atoms with Crippen LogP contribution in [0.25, 0.3) is 22.2 Å². The highest BCUT2D eigenvalue weighted by atomic mass is 19.1. The zero-order valence-corrected chi connectivity index (χ0v) is 13.3. The maximum atomic E-state index is 13.9. The number of nitrogens with zero attached hydrogens (tertiary/aromatic N) is 1. The maximum absolute atomic E-state index is 13.9. The molecule has 6 nitrogen and oxygen atoms in total. The van der Waals surface area contributed by atoms with Crippen molar-refractivity contribution in [2.24, 2.45) is 0 Å². The molecule has 0 unspecified atom stereocenters. The highest BCUT2D eigenvalue weighted by Crippen LogP contribution is 2.30. The van der Waals surface area contributed by atoms with Gasteiger partial charge in [-0.3, -0.25) is 5.10 Å². The van der Waals surface area contributed by atoms with Gasteiger partial charge < -0.3 is 14.8 Å². The SMILES string of the molecule is O=C1NC[C@H](F)COc2ccc3[nH]nc(c3c2)-c2cccc(c2)CO1. The average Bonchev–Trinajstić information content (AvgIpc) is 3.06. The Hall–Kier alpha value is -3.09. The maximum Gasteiger partial charge on any atom is 0.407 e. The fraction of sp³-hybridized carbons (Fsp3) is 0.222. The van der Waals surface area contributed by atoms with Crippen LogP contribution in [0.15, 0.2) is 42.5 Å². The van der Waals surface area contributed by atoms with Crippen LogP contribution >= 0.6 is 0 Å². The van der Waals surface area contributed by atoms with Gasteiger partial charge in [0.1, 0.15) is 24.7 Å². The van der Waals surface area contributed by atoms with E-state index in [4.69, 9.17) is 9.47 Å². The molecule has 2 aromatic carbocycles. The quantitative estimate of drug-likeness (QED) is 0.658. The predicted octanol–water partition coefficient (Wildman–Crippen LogP) is 3.19. The lowest BCUT2D eigenvalue weighted by Crippen LogP contribution is -2.33. The molecule has 4 bridgehead atoms. The number of alkyl halides is 1. The van der Waals surface area contributed by atoms with E-state index in [1.165, 1.54) is 0 Å². The third-order valence-electron chi connectivity index (χ3n) is 4.00. The Morgan fingerprint density at radius 1 is 1.16 bits per heavy atom. The van der Waals surface area contributed by atoms with Crippen molar-refractivity contribution in [1.82, 2.24) is 15.5 Å². The van der Waals surface area contributed by atoms with E-state index in [1.54, 1.807) is 6.07 Å². The lowest BCUT2D eigenvalue weighted by Gasteiger charge is -2.12. The van der Waals surface area contributed by atoms with E-state index in [1.807, 2.05) is 36.4 Å². The summed E-state index contributed by atoms with van der Waals surface area (Å²) in [5, 5.41) is 10.6. The zero-order chi connectivity index (χ0) is 17.2. The van der Waals surface area contributed by atoms with Gasteiger partial charge in [0.05, 0.1) is 12.1 Å². The van der Waals surface area contributed by atoms with Crippen LogP contribution in [0.5, 0.6) is 5.75 Å². The summed E-state index contributed by atoms with van der Waals surface area (Å²) in [6.45, 7) is -0.231. The van der Waals surface area contributed by atoms with Gasteiger partial charge in [-0.1, -0.05) is 18.2 Å². The van der Waals surface area contributed by atoms with Crippen LogP contribution in [0.4, 0.5) is 9.18 Å². The summed E-state index contributed by atoms with van der Waals surface area (Å²) >= 11 is 0. The van der Waals surface area contributed by atoms with Crippen molar-refractivity contribution in [3.8, 4) is 17.0 Å². The molecule has 0 fully saturated rings. The second kappa shape index (κ2) is 6.43. The van der Waals surface area contributed by atoms with Crippen LogP contribution in [-0.2, 0) is 11.3 Å². The van der Waals surface area contributed by atoms with Crippen molar-refractivity contribution in [2.45, 2.75) is 12.8 Å². The molecule has 128 valence electrons. The van der Waals surface area contributed by atoms with E-state index in [9.17, 15) is 9.18 Å². The monoisotopic (exact) mass is 341 g/mol. The Morgan fingerprint density at radius 2 is 2.08 bits per heavy atom. The number of rotatable bonds is 0. The number of hydrogen-bond acceptors (Lipinski definition) is 4. The molecule has 0 radical (unpaired) electrons. The third-order valence-corrected chi connectivity index (χ3v) is 4.00. The first-order chi connectivity index (χ1) is 12.2.